The van der Waals surface area contributed by atoms with Crippen LogP contribution in [0.1, 0.15) is 19.8 Å². The van der Waals surface area contributed by atoms with Gasteiger partial charge in [0, 0.05) is 42.2 Å². The summed E-state index contributed by atoms with van der Waals surface area (Å²) in [6.45, 7) is 4.18. The molecule has 0 bridgehead atoms. The zero-order valence-electron chi connectivity index (χ0n) is 17.3. The summed E-state index contributed by atoms with van der Waals surface area (Å²) in [7, 11) is 0. The second-order valence-corrected chi connectivity index (χ2v) is 8.81. The fourth-order valence-electron chi connectivity index (χ4n) is 3.31. The number of rotatable bonds is 8. The first-order valence-electron chi connectivity index (χ1n) is 10.0. The van der Waals surface area contributed by atoms with Gasteiger partial charge in [0.05, 0.1) is 5.75 Å². The van der Waals surface area contributed by atoms with Crippen molar-refractivity contribution in [1.82, 2.24) is 15.3 Å². The van der Waals surface area contributed by atoms with E-state index in [1.165, 1.54) is 18.1 Å². The molecule has 0 spiro atoms. The Morgan fingerprint density at radius 2 is 2.00 bits per heavy atom. The maximum atomic E-state index is 12.3. The molecule has 0 saturated carbocycles. The number of carbonyl (C=O) groups is 2. The first kappa shape index (κ1) is 22.4. The Morgan fingerprint density at radius 1 is 1.20 bits per heavy atom. The fourth-order valence-corrected chi connectivity index (χ4v) is 4.43. The molecule has 2 heterocycles. The summed E-state index contributed by atoms with van der Waals surface area (Å²) in [5.41, 5.74) is 0.797. The molecule has 30 heavy (non-hydrogen) atoms. The molecule has 9 heteroatoms. The van der Waals surface area contributed by atoms with Crippen molar-refractivity contribution in [2.45, 2.75) is 29.7 Å². The van der Waals surface area contributed by atoms with Crippen LogP contribution >= 0.6 is 23.5 Å². The summed E-state index contributed by atoms with van der Waals surface area (Å²) in [5, 5.41) is 6.59. The van der Waals surface area contributed by atoms with Crippen LogP contribution < -0.4 is 15.5 Å². The summed E-state index contributed by atoms with van der Waals surface area (Å²) >= 11 is 3.03. The molecule has 3 rings (SSSR count). The monoisotopic (exact) mass is 445 g/mol. The number of hydrogen-bond donors (Lipinski definition) is 2. The van der Waals surface area contributed by atoms with Crippen molar-refractivity contribution in [3.63, 3.8) is 0 Å². The molecule has 1 aliphatic heterocycles. The predicted molar refractivity (Wildman–Crippen MR) is 123 cm³/mol. The summed E-state index contributed by atoms with van der Waals surface area (Å²) in [6, 6.07) is 9.70. The van der Waals surface area contributed by atoms with Crippen LogP contribution in [0.2, 0.25) is 0 Å². The summed E-state index contributed by atoms with van der Waals surface area (Å²) in [6.07, 6.45) is 5.17. The average Bonchev–Trinajstić information content (AvgIpc) is 2.78. The van der Waals surface area contributed by atoms with Crippen molar-refractivity contribution in [2.24, 2.45) is 5.92 Å². The highest BCUT2D eigenvalue weighted by atomic mass is 32.2. The summed E-state index contributed by atoms with van der Waals surface area (Å²) in [4.78, 5) is 36.3. The van der Waals surface area contributed by atoms with Gasteiger partial charge in [-0.05, 0) is 44.2 Å². The summed E-state index contributed by atoms with van der Waals surface area (Å²) < 4.78 is 0. The van der Waals surface area contributed by atoms with Gasteiger partial charge in [-0.1, -0.05) is 17.8 Å². The molecule has 0 atom stereocenters. The van der Waals surface area contributed by atoms with E-state index in [-0.39, 0.29) is 23.5 Å². The highest BCUT2D eigenvalue weighted by Crippen LogP contribution is 2.25. The molecule has 7 nitrogen and oxygen atoms in total. The lowest BCUT2D eigenvalue weighted by Gasteiger charge is -2.32. The Labute approximate surface area is 185 Å². The van der Waals surface area contributed by atoms with Crippen LogP contribution in [0.5, 0.6) is 0 Å². The number of piperidine rings is 1. The normalized spacial score (nSPS) is 14.4. The van der Waals surface area contributed by atoms with Crippen LogP contribution in [0, 0.1) is 5.92 Å². The fraction of sp³-hybridized carbons (Fsp3) is 0.429. The lowest BCUT2D eigenvalue weighted by molar-refractivity contribution is -0.125. The molecule has 2 N–H and O–H groups in total. The van der Waals surface area contributed by atoms with E-state index in [1.54, 1.807) is 11.8 Å². The van der Waals surface area contributed by atoms with E-state index in [0.717, 1.165) is 47.4 Å². The molecular formula is C21H27N5O2S2. The minimum atomic E-state index is -0.0684. The van der Waals surface area contributed by atoms with Gasteiger partial charge in [-0.15, -0.1) is 11.8 Å². The number of nitrogens with one attached hydrogen (secondary N) is 2. The molecule has 1 aromatic heterocycles. The number of amides is 2. The minimum Gasteiger partial charge on any atom is -0.356 e. The molecular weight excluding hydrogens is 418 g/mol. The molecule has 2 amide bonds. The molecule has 1 saturated heterocycles. The summed E-state index contributed by atoms with van der Waals surface area (Å²) in [5.74, 6) is 1.27. The van der Waals surface area contributed by atoms with E-state index in [0.29, 0.717) is 6.54 Å². The van der Waals surface area contributed by atoms with Gasteiger partial charge in [0.2, 0.25) is 11.8 Å². The second kappa shape index (κ2) is 11.2. The minimum absolute atomic E-state index is 0.0684. The van der Waals surface area contributed by atoms with Crippen LogP contribution in [0.25, 0.3) is 0 Å². The van der Waals surface area contributed by atoms with Crippen molar-refractivity contribution in [2.75, 3.05) is 41.9 Å². The van der Waals surface area contributed by atoms with Crippen LogP contribution in [0.3, 0.4) is 0 Å². The molecule has 1 aliphatic rings. The molecule has 0 radical (unpaired) electrons. The zero-order valence-corrected chi connectivity index (χ0v) is 18.9. The van der Waals surface area contributed by atoms with Gasteiger partial charge in [0.15, 0.2) is 0 Å². The number of carbonyl (C=O) groups excluding carboxylic acids is 2. The maximum absolute atomic E-state index is 12.3. The van der Waals surface area contributed by atoms with Gasteiger partial charge in [-0.3, -0.25) is 9.59 Å². The van der Waals surface area contributed by atoms with Crippen molar-refractivity contribution in [3.05, 3.63) is 36.7 Å². The van der Waals surface area contributed by atoms with E-state index >= 15 is 0 Å². The Bertz CT molecular complexity index is 872. The average molecular weight is 446 g/mol. The Morgan fingerprint density at radius 3 is 2.73 bits per heavy atom. The third kappa shape index (κ3) is 6.37. The zero-order chi connectivity index (χ0) is 21.3. The lowest BCUT2D eigenvalue weighted by atomic mass is 9.96. The smallest absolute Gasteiger partial charge is 0.234 e. The number of hydrogen-bond acceptors (Lipinski definition) is 7. The van der Waals surface area contributed by atoms with Crippen LogP contribution in [-0.4, -0.2) is 53.4 Å². The number of benzene rings is 1. The highest BCUT2D eigenvalue weighted by molar-refractivity contribution is 8.00. The topological polar surface area (TPSA) is 87.2 Å². The third-order valence-electron chi connectivity index (χ3n) is 4.87. The van der Waals surface area contributed by atoms with Crippen molar-refractivity contribution >= 4 is 46.8 Å². The van der Waals surface area contributed by atoms with Crippen molar-refractivity contribution in [1.29, 1.82) is 0 Å². The van der Waals surface area contributed by atoms with Gasteiger partial charge in [-0.25, -0.2) is 9.97 Å². The molecule has 1 fully saturated rings. The first-order chi connectivity index (χ1) is 14.6. The quantitative estimate of drug-likeness (QED) is 0.476. The van der Waals surface area contributed by atoms with E-state index in [2.05, 4.69) is 25.5 Å². The Hall–Kier alpha value is -2.26. The number of thioether (sulfide) groups is 2. The third-order valence-corrected chi connectivity index (χ3v) is 6.52. The first-order valence-corrected chi connectivity index (χ1v) is 12.2. The number of aromatic nitrogens is 2. The van der Waals surface area contributed by atoms with E-state index < -0.39 is 0 Å². The second-order valence-electron chi connectivity index (χ2n) is 6.94. The van der Waals surface area contributed by atoms with Gasteiger partial charge in [-0.2, -0.15) is 0 Å². The highest BCUT2D eigenvalue weighted by Gasteiger charge is 2.25. The van der Waals surface area contributed by atoms with Gasteiger partial charge >= 0.3 is 0 Å². The molecule has 160 valence electrons. The van der Waals surface area contributed by atoms with Crippen molar-refractivity contribution < 1.29 is 9.59 Å². The van der Waals surface area contributed by atoms with Gasteiger partial charge < -0.3 is 15.5 Å². The van der Waals surface area contributed by atoms with Crippen LogP contribution in [0.15, 0.2) is 46.6 Å². The molecule has 0 unspecified atom stereocenters. The van der Waals surface area contributed by atoms with Crippen molar-refractivity contribution in [3.8, 4) is 0 Å². The SMILES string of the molecule is CCNC(=O)C1CCN(c2cc(SCC(=O)Nc3cccc(SC)c3)ncn2)CC1. The largest absolute Gasteiger partial charge is 0.356 e. The molecule has 0 aliphatic carbocycles. The van der Waals surface area contributed by atoms with Crippen LogP contribution in [0.4, 0.5) is 11.5 Å². The molecule has 2 aromatic rings. The van der Waals surface area contributed by atoms with E-state index in [9.17, 15) is 9.59 Å². The Balaban J connectivity index is 1.51. The predicted octanol–water partition coefficient (Wildman–Crippen LogP) is 3.28. The Kier molecular flexibility index (Phi) is 8.39. The maximum Gasteiger partial charge on any atom is 0.234 e. The number of anilines is 2. The number of nitrogens with zero attached hydrogens (tertiary/aromatic N) is 3. The van der Waals surface area contributed by atoms with E-state index in [4.69, 9.17) is 0 Å². The van der Waals surface area contributed by atoms with Crippen LogP contribution in [-0.2, 0) is 9.59 Å². The molecule has 1 aromatic carbocycles. The standard InChI is InChI=1S/C21H27N5O2S2/c1-3-22-21(28)15-7-9-26(10-8-15)18-12-20(24-14-23-18)30-13-19(27)25-16-5-4-6-17(11-16)29-2/h4-6,11-12,14-15H,3,7-10,13H2,1-2H3,(H,22,28)(H,25,27). The van der Waals surface area contributed by atoms with Gasteiger partial charge in [0.25, 0.3) is 0 Å². The van der Waals surface area contributed by atoms with E-state index in [1.807, 2.05) is 43.5 Å². The van der Waals surface area contributed by atoms with Gasteiger partial charge in [0.1, 0.15) is 17.2 Å². The lowest BCUT2D eigenvalue weighted by Crippen LogP contribution is -2.40.